The summed E-state index contributed by atoms with van der Waals surface area (Å²) in [5.41, 5.74) is 0. The highest BCUT2D eigenvalue weighted by molar-refractivity contribution is 7.91. The molecule has 1 rings (SSSR count). The quantitative estimate of drug-likeness (QED) is 0.388. The van der Waals surface area contributed by atoms with Gasteiger partial charge in [0.1, 0.15) is 0 Å². The molecule has 2 N–H and O–H groups in total. The van der Waals surface area contributed by atoms with Crippen LogP contribution in [0.25, 0.3) is 0 Å². The van der Waals surface area contributed by atoms with Gasteiger partial charge in [-0.25, -0.2) is 8.42 Å². The van der Waals surface area contributed by atoms with Crippen LogP contribution in [-0.2, 0) is 9.84 Å². The molecule has 0 aromatic heterocycles. The van der Waals surface area contributed by atoms with Crippen molar-refractivity contribution in [3.8, 4) is 0 Å². The molecule has 5 nitrogen and oxygen atoms in total. The second-order valence-corrected chi connectivity index (χ2v) is 8.09. The van der Waals surface area contributed by atoms with E-state index < -0.39 is 9.84 Å². The van der Waals surface area contributed by atoms with E-state index >= 15 is 0 Å². The van der Waals surface area contributed by atoms with E-state index in [0.29, 0.717) is 12.2 Å². The van der Waals surface area contributed by atoms with Gasteiger partial charge in [0.25, 0.3) is 0 Å². The molecule has 0 aliphatic carbocycles. The van der Waals surface area contributed by atoms with Crippen molar-refractivity contribution in [2.45, 2.75) is 64.3 Å². The lowest BCUT2D eigenvalue weighted by Gasteiger charge is -2.15. The minimum Gasteiger partial charge on any atom is -0.356 e. The van der Waals surface area contributed by atoms with Crippen molar-refractivity contribution in [1.82, 2.24) is 10.6 Å². The van der Waals surface area contributed by atoms with Crippen molar-refractivity contribution in [1.29, 1.82) is 0 Å². The largest absolute Gasteiger partial charge is 0.356 e. The van der Waals surface area contributed by atoms with Gasteiger partial charge in [0.15, 0.2) is 15.8 Å². The number of sulfone groups is 1. The maximum atomic E-state index is 11.4. The Bertz CT molecular complexity index is 407. The average molecular weight is 317 g/mol. The van der Waals surface area contributed by atoms with Crippen molar-refractivity contribution in [2.24, 2.45) is 4.99 Å². The average Bonchev–Trinajstić information content (AvgIpc) is 2.79. The first kappa shape index (κ1) is 18.3. The van der Waals surface area contributed by atoms with Gasteiger partial charge in [-0.05, 0) is 12.8 Å². The lowest BCUT2D eigenvalue weighted by Crippen LogP contribution is -2.44. The molecule has 1 saturated heterocycles. The van der Waals surface area contributed by atoms with Gasteiger partial charge in [-0.3, -0.25) is 4.99 Å². The van der Waals surface area contributed by atoms with Crippen LogP contribution in [0.3, 0.4) is 0 Å². The Morgan fingerprint density at radius 2 is 1.81 bits per heavy atom. The first-order valence-electron chi connectivity index (χ1n) is 8.25. The van der Waals surface area contributed by atoms with Crippen LogP contribution in [0.4, 0.5) is 0 Å². The Labute approximate surface area is 129 Å². The molecule has 0 radical (unpaired) electrons. The maximum Gasteiger partial charge on any atom is 0.191 e. The minimum absolute atomic E-state index is 0.00949. The second kappa shape index (κ2) is 10.0. The molecule has 0 spiro atoms. The second-order valence-electron chi connectivity index (χ2n) is 5.86. The predicted molar refractivity (Wildman–Crippen MR) is 89.5 cm³/mol. The summed E-state index contributed by atoms with van der Waals surface area (Å²) in [4.78, 5) is 4.16. The fourth-order valence-corrected chi connectivity index (χ4v) is 4.26. The van der Waals surface area contributed by atoms with Crippen molar-refractivity contribution in [2.75, 3.05) is 25.1 Å². The molecule has 0 amide bonds. The van der Waals surface area contributed by atoms with E-state index in [0.717, 1.165) is 18.9 Å². The Morgan fingerprint density at radius 3 is 2.38 bits per heavy atom. The molecule has 21 heavy (non-hydrogen) atoms. The Morgan fingerprint density at radius 1 is 1.14 bits per heavy atom. The van der Waals surface area contributed by atoms with E-state index in [-0.39, 0.29) is 11.8 Å². The van der Waals surface area contributed by atoms with Crippen LogP contribution in [-0.4, -0.2) is 45.5 Å². The van der Waals surface area contributed by atoms with Gasteiger partial charge in [0.05, 0.1) is 11.5 Å². The van der Waals surface area contributed by atoms with Crippen molar-refractivity contribution in [3.63, 3.8) is 0 Å². The molecule has 1 aliphatic rings. The summed E-state index contributed by atoms with van der Waals surface area (Å²) in [6.07, 6.45) is 9.68. The number of nitrogens with one attached hydrogen (secondary N) is 2. The van der Waals surface area contributed by atoms with E-state index in [4.69, 9.17) is 0 Å². The molecule has 1 aliphatic heterocycles. The Balaban J connectivity index is 2.07. The van der Waals surface area contributed by atoms with Crippen LogP contribution in [0.1, 0.15) is 58.3 Å². The van der Waals surface area contributed by atoms with Crippen LogP contribution >= 0.6 is 0 Å². The van der Waals surface area contributed by atoms with Crippen LogP contribution in [0, 0.1) is 0 Å². The first-order valence-corrected chi connectivity index (χ1v) is 10.1. The summed E-state index contributed by atoms with van der Waals surface area (Å²) in [6.45, 7) is 3.13. The highest BCUT2D eigenvalue weighted by atomic mass is 32.2. The van der Waals surface area contributed by atoms with Crippen molar-refractivity contribution in [3.05, 3.63) is 0 Å². The third kappa shape index (κ3) is 8.29. The lowest BCUT2D eigenvalue weighted by atomic mass is 10.1. The molecule has 6 heteroatoms. The lowest BCUT2D eigenvalue weighted by molar-refractivity contribution is 0.580. The molecule has 1 unspecified atom stereocenters. The molecule has 0 aromatic carbocycles. The zero-order valence-corrected chi connectivity index (χ0v) is 14.3. The number of nitrogens with zero attached hydrogens (tertiary/aromatic N) is 1. The summed E-state index contributed by atoms with van der Waals surface area (Å²) in [7, 11) is -1.11. The fourth-order valence-electron chi connectivity index (χ4n) is 2.59. The van der Waals surface area contributed by atoms with Crippen LogP contribution in [0.15, 0.2) is 4.99 Å². The molecule has 1 heterocycles. The molecule has 1 atom stereocenters. The Hall–Kier alpha value is -0.780. The molecule has 0 bridgehead atoms. The summed E-state index contributed by atoms with van der Waals surface area (Å²) in [6, 6.07) is 0.00949. The van der Waals surface area contributed by atoms with Gasteiger partial charge in [-0.2, -0.15) is 0 Å². The predicted octanol–water partition coefficient (Wildman–Crippen LogP) is 2.09. The van der Waals surface area contributed by atoms with Gasteiger partial charge in [-0.1, -0.05) is 45.4 Å². The van der Waals surface area contributed by atoms with E-state index in [9.17, 15) is 8.42 Å². The zero-order valence-electron chi connectivity index (χ0n) is 13.5. The topological polar surface area (TPSA) is 70.6 Å². The third-order valence-corrected chi connectivity index (χ3v) is 5.64. The smallest absolute Gasteiger partial charge is 0.191 e. The molecule has 0 saturated carbocycles. The summed E-state index contributed by atoms with van der Waals surface area (Å²) >= 11 is 0. The van der Waals surface area contributed by atoms with Crippen LogP contribution < -0.4 is 10.6 Å². The number of unbranched alkanes of at least 4 members (excludes halogenated alkanes) is 6. The zero-order chi connectivity index (χ0) is 15.6. The van der Waals surface area contributed by atoms with Crippen molar-refractivity contribution < 1.29 is 8.42 Å². The number of guanidine groups is 1. The highest BCUT2D eigenvalue weighted by Crippen LogP contribution is 2.11. The normalized spacial score (nSPS) is 21.4. The minimum atomic E-state index is -2.83. The highest BCUT2D eigenvalue weighted by Gasteiger charge is 2.28. The van der Waals surface area contributed by atoms with Gasteiger partial charge in [-0.15, -0.1) is 0 Å². The van der Waals surface area contributed by atoms with E-state index in [1.165, 1.54) is 38.5 Å². The summed E-state index contributed by atoms with van der Waals surface area (Å²) in [5, 5.41) is 6.47. The maximum absolute atomic E-state index is 11.4. The number of hydrogen-bond donors (Lipinski definition) is 2. The van der Waals surface area contributed by atoms with Gasteiger partial charge in [0.2, 0.25) is 0 Å². The van der Waals surface area contributed by atoms with Gasteiger partial charge in [0, 0.05) is 19.6 Å². The SMILES string of the molecule is CCCCCCCCCNC(=NC)NC1CCS(=O)(=O)C1. The third-order valence-electron chi connectivity index (χ3n) is 3.87. The van der Waals surface area contributed by atoms with Crippen molar-refractivity contribution >= 4 is 15.8 Å². The van der Waals surface area contributed by atoms with E-state index in [1.54, 1.807) is 7.05 Å². The van der Waals surface area contributed by atoms with Crippen LogP contribution in [0.5, 0.6) is 0 Å². The number of rotatable bonds is 9. The number of aliphatic imine (C=N–C) groups is 1. The molecule has 1 fully saturated rings. The fraction of sp³-hybridized carbons (Fsp3) is 0.933. The molecular formula is C15H31N3O2S. The molecule has 124 valence electrons. The Kier molecular flexibility index (Phi) is 8.73. The first-order chi connectivity index (χ1) is 10.1. The van der Waals surface area contributed by atoms with Gasteiger partial charge < -0.3 is 10.6 Å². The number of hydrogen-bond acceptors (Lipinski definition) is 3. The van der Waals surface area contributed by atoms with E-state index in [2.05, 4.69) is 22.5 Å². The molecular weight excluding hydrogens is 286 g/mol. The summed E-state index contributed by atoms with van der Waals surface area (Å²) < 4.78 is 22.8. The monoisotopic (exact) mass is 317 g/mol. The summed E-state index contributed by atoms with van der Waals surface area (Å²) in [5.74, 6) is 1.24. The van der Waals surface area contributed by atoms with Gasteiger partial charge >= 0.3 is 0 Å². The standard InChI is InChI=1S/C15H31N3O2S/c1-3-4-5-6-7-8-9-11-17-15(16-2)18-14-10-12-21(19,20)13-14/h14H,3-13H2,1-2H3,(H2,16,17,18). The van der Waals surface area contributed by atoms with E-state index in [1.807, 2.05) is 0 Å². The van der Waals surface area contributed by atoms with Crippen LogP contribution in [0.2, 0.25) is 0 Å². The molecule has 0 aromatic rings.